The zero-order chi connectivity index (χ0) is 14.4. The molecule has 1 aromatic carbocycles. The summed E-state index contributed by atoms with van der Waals surface area (Å²) in [6.45, 7) is 0.330. The van der Waals surface area contributed by atoms with E-state index in [1.165, 1.54) is 12.1 Å². The van der Waals surface area contributed by atoms with Gasteiger partial charge in [-0.05, 0) is 18.6 Å². The molecule has 102 valence electrons. The number of benzene rings is 1. The van der Waals surface area contributed by atoms with E-state index in [2.05, 4.69) is 5.32 Å². The van der Waals surface area contributed by atoms with Crippen molar-refractivity contribution in [1.82, 2.24) is 0 Å². The van der Waals surface area contributed by atoms with Crippen molar-refractivity contribution in [2.75, 3.05) is 11.9 Å². The largest absolute Gasteiger partial charge is 0.478 e. The van der Waals surface area contributed by atoms with E-state index in [9.17, 15) is 19.7 Å². The summed E-state index contributed by atoms with van der Waals surface area (Å²) >= 11 is 0. The highest BCUT2D eigenvalue weighted by Gasteiger charge is 2.16. The van der Waals surface area contributed by atoms with Gasteiger partial charge in [0.15, 0.2) is 0 Å². The number of nitro groups is 1. The van der Waals surface area contributed by atoms with Crippen LogP contribution in [0.2, 0.25) is 0 Å². The number of anilines is 1. The Morgan fingerprint density at radius 1 is 1.42 bits per heavy atom. The van der Waals surface area contributed by atoms with Crippen LogP contribution in [0.25, 0.3) is 0 Å². The Balaban J connectivity index is 2.79. The number of carbonyl (C=O) groups is 2. The van der Waals surface area contributed by atoms with Crippen molar-refractivity contribution in [3.05, 3.63) is 33.9 Å². The minimum absolute atomic E-state index is 0.158. The zero-order valence-electron chi connectivity index (χ0n) is 9.96. The number of nitro benzene ring substituents is 1. The molecule has 0 radical (unpaired) electrons. The average molecular weight is 267 g/mol. The van der Waals surface area contributed by atoms with Gasteiger partial charge in [0.05, 0.1) is 10.5 Å². The number of nitrogens with one attached hydrogen (secondary N) is 1. The van der Waals surface area contributed by atoms with Gasteiger partial charge in [0.1, 0.15) is 5.69 Å². The number of amides is 1. The normalized spacial score (nSPS) is 9.89. The van der Waals surface area contributed by atoms with Crippen LogP contribution in [0.4, 0.5) is 11.4 Å². The topological polar surface area (TPSA) is 136 Å². The second-order valence-electron chi connectivity index (χ2n) is 3.79. The molecule has 4 N–H and O–H groups in total. The fraction of sp³-hybridized carbons (Fsp3) is 0.273. The van der Waals surface area contributed by atoms with Crippen molar-refractivity contribution in [3.63, 3.8) is 0 Å². The van der Waals surface area contributed by atoms with Crippen molar-refractivity contribution < 1.29 is 19.6 Å². The predicted octanol–water partition coefficient (Wildman–Crippen LogP) is 0.970. The van der Waals surface area contributed by atoms with Gasteiger partial charge in [-0.3, -0.25) is 14.9 Å². The second-order valence-corrected chi connectivity index (χ2v) is 3.79. The first-order chi connectivity index (χ1) is 8.91. The van der Waals surface area contributed by atoms with Gasteiger partial charge in [-0.1, -0.05) is 0 Å². The minimum atomic E-state index is -1.23. The maximum absolute atomic E-state index is 10.8. The van der Waals surface area contributed by atoms with E-state index in [1.807, 2.05) is 0 Å². The Morgan fingerprint density at radius 2 is 2.11 bits per heavy atom. The molecule has 1 amide bonds. The van der Waals surface area contributed by atoms with Gasteiger partial charge in [-0.25, -0.2) is 4.79 Å². The van der Waals surface area contributed by atoms with E-state index in [1.54, 1.807) is 0 Å². The fourth-order valence-electron chi connectivity index (χ4n) is 1.45. The maximum atomic E-state index is 10.8. The van der Waals surface area contributed by atoms with Gasteiger partial charge in [-0.2, -0.15) is 0 Å². The first kappa shape index (κ1) is 14.4. The molecule has 0 saturated carbocycles. The molecule has 19 heavy (non-hydrogen) atoms. The number of carboxylic acids is 1. The molecule has 0 bridgehead atoms. The number of hydrogen-bond acceptors (Lipinski definition) is 5. The number of nitrogens with two attached hydrogens (primary N) is 1. The van der Waals surface area contributed by atoms with E-state index in [-0.39, 0.29) is 23.4 Å². The monoisotopic (exact) mass is 267 g/mol. The van der Waals surface area contributed by atoms with Gasteiger partial charge < -0.3 is 16.2 Å². The Hall–Kier alpha value is -2.64. The van der Waals surface area contributed by atoms with Crippen LogP contribution >= 0.6 is 0 Å². The van der Waals surface area contributed by atoms with E-state index in [4.69, 9.17) is 10.8 Å². The number of hydrogen-bond donors (Lipinski definition) is 3. The highest BCUT2D eigenvalue weighted by Crippen LogP contribution is 2.25. The van der Waals surface area contributed by atoms with E-state index < -0.39 is 16.8 Å². The van der Waals surface area contributed by atoms with Crippen molar-refractivity contribution in [1.29, 1.82) is 0 Å². The molecule has 1 rings (SSSR count). The van der Waals surface area contributed by atoms with Gasteiger partial charge in [0.25, 0.3) is 5.69 Å². The van der Waals surface area contributed by atoms with E-state index in [0.29, 0.717) is 13.0 Å². The Labute approximate surface area is 108 Å². The number of aromatic carboxylic acids is 1. The Bertz CT molecular complexity index is 515. The lowest BCUT2D eigenvalue weighted by Gasteiger charge is -2.07. The van der Waals surface area contributed by atoms with Crippen LogP contribution < -0.4 is 11.1 Å². The van der Waals surface area contributed by atoms with Crippen LogP contribution in [0.3, 0.4) is 0 Å². The third-order valence-electron chi connectivity index (χ3n) is 2.36. The van der Waals surface area contributed by atoms with Gasteiger partial charge in [-0.15, -0.1) is 0 Å². The molecular formula is C11H13N3O5. The Morgan fingerprint density at radius 3 is 2.63 bits per heavy atom. The smallest absolute Gasteiger partial charge is 0.335 e. The number of nitrogens with zero attached hydrogens (tertiary/aromatic N) is 1. The molecule has 0 aromatic heterocycles. The van der Waals surface area contributed by atoms with Gasteiger partial charge in [0, 0.05) is 19.0 Å². The molecule has 0 fully saturated rings. The van der Waals surface area contributed by atoms with Crippen molar-refractivity contribution in [2.24, 2.45) is 5.73 Å². The van der Waals surface area contributed by atoms with Crippen molar-refractivity contribution >= 4 is 23.3 Å². The molecule has 0 heterocycles. The number of carbonyl (C=O) groups excluding carboxylic acids is 1. The molecule has 8 nitrogen and oxygen atoms in total. The molecule has 0 spiro atoms. The summed E-state index contributed by atoms with van der Waals surface area (Å²) < 4.78 is 0. The molecule has 0 atom stereocenters. The first-order valence-electron chi connectivity index (χ1n) is 5.45. The molecule has 1 aromatic rings. The van der Waals surface area contributed by atoms with Crippen LogP contribution in [0, 0.1) is 10.1 Å². The summed E-state index contributed by atoms with van der Waals surface area (Å²) in [5.41, 5.74) is 4.69. The zero-order valence-corrected chi connectivity index (χ0v) is 9.96. The van der Waals surface area contributed by atoms with Gasteiger partial charge in [0.2, 0.25) is 5.91 Å². The molecule has 0 unspecified atom stereocenters. The SMILES string of the molecule is NC(=O)CCCNc1ccc(C(=O)O)cc1[N+](=O)[O-]. The molecule has 8 heteroatoms. The van der Waals surface area contributed by atoms with Gasteiger partial charge >= 0.3 is 5.97 Å². The van der Waals surface area contributed by atoms with E-state index >= 15 is 0 Å². The number of primary amides is 1. The van der Waals surface area contributed by atoms with Crippen molar-refractivity contribution in [3.8, 4) is 0 Å². The molecule has 0 aliphatic heterocycles. The van der Waals surface area contributed by atoms with Crippen LogP contribution in [0.1, 0.15) is 23.2 Å². The minimum Gasteiger partial charge on any atom is -0.478 e. The summed E-state index contributed by atoms with van der Waals surface area (Å²) in [6, 6.07) is 3.58. The molecule has 0 saturated heterocycles. The van der Waals surface area contributed by atoms with Crippen LogP contribution in [0.5, 0.6) is 0 Å². The lowest BCUT2D eigenvalue weighted by molar-refractivity contribution is -0.384. The summed E-state index contributed by atoms with van der Waals surface area (Å²) in [5.74, 6) is -1.68. The summed E-state index contributed by atoms with van der Waals surface area (Å²) in [4.78, 5) is 31.4. The quantitative estimate of drug-likeness (QED) is 0.382. The fourth-order valence-corrected chi connectivity index (χ4v) is 1.45. The first-order valence-corrected chi connectivity index (χ1v) is 5.45. The molecular weight excluding hydrogens is 254 g/mol. The third kappa shape index (κ3) is 4.26. The third-order valence-corrected chi connectivity index (χ3v) is 2.36. The summed E-state index contributed by atoms with van der Waals surface area (Å²) in [5, 5.41) is 22.4. The molecule has 0 aliphatic rings. The summed E-state index contributed by atoms with van der Waals surface area (Å²) in [6.07, 6.45) is 0.612. The second kappa shape index (κ2) is 6.34. The van der Waals surface area contributed by atoms with Crippen LogP contribution in [-0.2, 0) is 4.79 Å². The predicted molar refractivity (Wildman–Crippen MR) is 67.0 cm³/mol. The maximum Gasteiger partial charge on any atom is 0.335 e. The van der Waals surface area contributed by atoms with Crippen LogP contribution in [0.15, 0.2) is 18.2 Å². The highest BCUT2D eigenvalue weighted by molar-refractivity contribution is 5.89. The highest BCUT2D eigenvalue weighted by atomic mass is 16.6. The lowest BCUT2D eigenvalue weighted by Crippen LogP contribution is -2.13. The van der Waals surface area contributed by atoms with E-state index in [0.717, 1.165) is 6.07 Å². The number of carboxylic acid groups (broad SMARTS) is 1. The van der Waals surface area contributed by atoms with Crippen LogP contribution in [-0.4, -0.2) is 28.5 Å². The Kier molecular flexibility index (Phi) is 4.81. The average Bonchev–Trinajstić information content (AvgIpc) is 2.34. The number of rotatable bonds is 7. The summed E-state index contributed by atoms with van der Waals surface area (Å²) in [7, 11) is 0. The molecule has 0 aliphatic carbocycles. The van der Waals surface area contributed by atoms with Crippen molar-refractivity contribution in [2.45, 2.75) is 12.8 Å². The lowest BCUT2D eigenvalue weighted by atomic mass is 10.1. The standard InChI is InChI=1S/C11H13N3O5/c12-10(15)2-1-5-13-8-4-3-7(11(16)17)6-9(8)14(18)19/h3-4,6,13H,1-2,5H2,(H2,12,15)(H,16,17).